The number of hydrogen-bond acceptors (Lipinski definition) is 2. The number of benzene rings is 1. The van der Waals surface area contributed by atoms with Crippen LogP contribution in [0.1, 0.15) is 49.8 Å². The molecule has 0 amide bonds. The highest BCUT2D eigenvalue weighted by Gasteiger charge is 2.06. The first-order valence-electron chi connectivity index (χ1n) is 6.78. The van der Waals surface area contributed by atoms with Crippen molar-refractivity contribution in [2.45, 2.75) is 46.6 Å². The van der Waals surface area contributed by atoms with Crippen molar-refractivity contribution in [3.8, 4) is 6.07 Å². The number of nitrogens with one attached hydrogen (secondary N) is 1. The van der Waals surface area contributed by atoms with Gasteiger partial charge in [-0.05, 0) is 36.0 Å². The van der Waals surface area contributed by atoms with E-state index in [0.717, 1.165) is 19.5 Å². The highest BCUT2D eigenvalue weighted by molar-refractivity contribution is 5.32. The average Bonchev–Trinajstić information content (AvgIpc) is 2.36. The van der Waals surface area contributed by atoms with Crippen LogP contribution in [0.4, 0.5) is 0 Å². The number of rotatable bonds is 6. The van der Waals surface area contributed by atoms with E-state index in [1.54, 1.807) is 0 Å². The molecule has 2 nitrogen and oxygen atoms in total. The molecule has 0 spiro atoms. The minimum Gasteiger partial charge on any atom is -0.311 e. The lowest BCUT2D eigenvalue weighted by Crippen LogP contribution is -2.21. The van der Waals surface area contributed by atoms with Crippen LogP contribution in [0.15, 0.2) is 18.2 Å². The predicted molar refractivity (Wildman–Crippen MR) is 76.4 cm³/mol. The van der Waals surface area contributed by atoms with Gasteiger partial charge in [0.15, 0.2) is 0 Å². The van der Waals surface area contributed by atoms with Crippen LogP contribution in [-0.2, 0) is 6.54 Å². The molecule has 1 aromatic carbocycles. The Hall–Kier alpha value is -1.33. The van der Waals surface area contributed by atoms with Crippen molar-refractivity contribution in [3.63, 3.8) is 0 Å². The normalized spacial score (nSPS) is 12.4. The van der Waals surface area contributed by atoms with Gasteiger partial charge in [0.05, 0.1) is 12.0 Å². The predicted octanol–water partition coefficient (Wildman–Crippen LogP) is 3.76. The summed E-state index contributed by atoms with van der Waals surface area (Å²) in [5, 5.41) is 12.3. The third-order valence-corrected chi connectivity index (χ3v) is 3.42. The zero-order chi connectivity index (χ0) is 13.5. The molecular formula is C16H24N2. The maximum atomic E-state index is 8.90. The standard InChI is InChI=1S/C16H24N2/c1-5-14(9-17)10-18-11-16-8-15(12(2)3)7-6-13(16)4/h6-8,12,14,18H,5,10-11H2,1-4H3. The molecule has 0 saturated carbocycles. The Bertz CT molecular complexity index is 416. The van der Waals surface area contributed by atoms with Crippen molar-refractivity contribution in [1.29, 1.82) is 5.26 Å². The number of nitriles is 1. The molecule has 0 aliphatic rings. The van der Waals surface area contributed by atoms with Crippen molar-refractivity contribution in [3.05, 3.63) is 34.9 Å². The molecule has 1 N–H and O–H groups in total. The molecule has 98 valence electrons. The van der Waals surface area contributed by atoms with Crippen LogP contribution in [0.3, 0.4) is 0 Å². The molecule has 1 unspecified atom stereocenters. The summed E-state index contributed by atoms with van der Waals surface area (Å²) in [6, 6.07) is 8.99. The van der Waals surface area contributed by atoms with Crippen molar-refractivity contribution < 1.29 is 0 Å². The Labute approximate surface area is 111 Å². The van der Waals surface area contributed by atoms with Crippen molar-refractivity contribution in [1.82, 2.24) is 5.32 Å². The summed E-state index contributed by atoms with van der Waals surface area (Å²) in [7, 11) is 0. The second-order valence-electron chi connectivity index (χ2n) is 5.21. The summed E-state index contributed by atoms with van der Waals surface area (Å²) in [5.41, 5.74) is 4.04. The van der Waals surface area contributed by atoms with E-state index >= 15 is 0 Å². The summed E-state index contributed by atoms with van der Waals surface area (Å²) < 4.78 is 0. The fraction of sp³-hybridized carbons (Fsp3) is 0.562. The van der Waals surface area contributed by atoms with Gasteiger partial charge in [0.25, 0.3) is 0 Å². The topological polar surface area (TPSA) is 35.8 Å². The molecule has 1 rings (SSSR count). The first kappa shape index (κ1) is 14.7. The first-order valence-corrected chi connectivity index (χ1v) is 6.78. The van der Waals surface area contributed by atoms with E-state index < -0.39 is 0 Å². The summed E-state index contributed by atoms with van der Waals surface area (Å²) in [4.78, 5) is 0. The van der Waals surface area contributed by atoms with Crippen molar-refractivity contribution >= 4 is 0 Å². The van der Waals surface area contributed by atoms with Crippen LogP contribution in [0.25, 0.3) is 0 Å². The van der Waals surface area contributed by atoms with E-state index in [1.807, 2.05) is 0 Å². The van der Waals surface area contributed by atoms with Gasteiger partial charge in [-0.3, -0.25) is 0 Å². The molecule has 2 heteroatoms. The Balaban J connectivity index is 2.61. The van der Waals surface area contributed by atoms with Gasteiger partial charge in [-0.1, -0.05) is 39.0 Å². The second-order valence-corrected chi connectivity index (χ2v) is 5.21. The van der Waals surface area contributed by atoms with Gasteiger partial charge in [-0.15, -0.1) is 0 Å². The van der Waals surface area contributed by atoms with Crippen LogP contribution in [0, 0.1) is 24.2 Å². The molecule has 0 aliphatic carbocycles. The van der Waals surface area contributed by atoms with E-state index in [0.29, 0.717) is 5.92 Å². The highest BCUT2D eigenvalue weighted by atomic mass is 14.9. The Kier molecular flexibility index (Phi) is 5.88. The van der Waals surface area contributed by atoms with E-state index in [1.165, 1.54) is 16.7 Å². The molecule has 0 aliphatic heterocycles. The third kappa shape index (κ3) is 4.16. The van der Waals surface area contributed by atoms with Gasteiger partial charge in [0.1, 0.15) is 0 Å². The van der Waals surface area contributed by atoms with E-state index in [-0.39, 0.29) is 5.92 Å². The number of nitrogens with zero attached hydrogens (tertiary/aromatic N) is 1. The summed E-state index contributed by atoms with van der Waals surface area (Å²) in [5.74, 6) is 0.686. The second kappa shape index (κ2) is 7.18. The summed E-state index contributed by atoms with van der Waals surface area (Å²) in [6.07, 6.45) is 0.911. The van der Waals surface area contributed by atoms with E-state index in [2.05, 4.69) is 57.3 Å². The summed E-state index contributed by atoms with van der Waals surface area (Å²) in [6.45, 7) is 10.3. The van der Waals surface area contributed by atoms with Gasteiger partial charge in [0, 0.05) is 13.1 Å². The van der Waals surface area contributed by atoms with Gasteiger partial charge in [-0.2, -0.15) is 5.26 Å². The van der Waals surface area contributed by atoms with Crippen molar-refractivity contribution in [2.75, 3.05) is 6.54 Å². The lowest BCUT2D eigenvalue weighted by Gasteiger charge is -2.13. The molecular weight excluding hydrogens is 220 g/mol. The molecule has 1 aromatic rings. The van der Waals surface area contributed by atoms with Gasteiger partial charge in [-0.25, -0.2) is 0 Å². The van der Waals surface area contributed by atoms with Crippen LogP contribution in [0.2, 0.25) is 0 Å². The Morgan fingerprint density at radius 3 is 2.61 bits per heavy atom. The summed E-state index contributed by atoms with van der Waals surface area (Å²) >= 11 is 0. The van der Waals surface area contributed by atoms with Gasteiger partial charge >= 0.3 is 0 Å². The van der Waals surface area contributed by atoms with Crippen LogP contribution in [-0.4, -0.2) is 6.54 Å². The fourth-order valence-electron chi connectivity index (χ4n) is 1.90. The average molecular weight is 244 g/mol. The van der Waals surface area contributed by atoms with E-state index in [4.69, 9.17) is 5.26 Å². The zero-order valence-corrected chi connectivity index (χ0v) is 12.0. The maximum Gasteiger partial charge on any atom is 0.0669 e. The molecule has 0 heterocycles. The zero-order valence-electron chi connectivity index (χ0n) is 12.0. The van der Waals surface area contributed by atoms with Crippen molar-refractivity contribution in [2.24, 2.45) is 5.92 Å². The highest BCUT2D eigenvalue weighted by Crippen LogP contribution is 2.18. The fourth-order valence-corrected chi connectivity index (χ4v) is 1.90. The lowest BCUT2D eigenvalue weighted by molar-refractivity contribution is 0.552. The van der Waals surface area contributed by atoms with Crippen LogP contribution < -0.4 is 5.32 Å². The van der Waals surface area contributed by atoms with Crippen LogP contribution in [0.5, 0.6) is 0 Å². The Morgan fingerprint density at radius 2 is 2.06 bits per heavy atom. The minimum absolute atomic E-state index is 0.124. The molecule has 0 bridgehead atoms. The molecule has 18 heavy (non-hydrogen) atoms. The first-order chi connectivity index (χ1) is 8.58. The minimum atomic E-state index is 0.124. The molecule has 0 radical (unpaired) electrons. The molecule has 0 aromatic heterocycles. The lowest BCUT2D eigenvalue weighted by atomic mass is 9.97. The smallest absolute Gasteiger partial charge is 0.0669 e. The number of hydrogen-bond donors (Lipinski definition) is 1. The molecule has 0 fully saturated rings. The van der Waals surface area contributed by atoms with Gasteiger partial charge < -0.3 is 5.32 Å². The third-order valence-electron chi connectivity index (χ3n) is 3.42. The van der Waals surface area contributed by atoms with E-state index in [9.17, 15) is 0 Å². The van der Waals surface area contributed by atoms with Gasteiger partial charge in [0.2, 0.25) is 0 Å². The number of aryl methyl sites for hydroxylation is 1. The Morgan fingerprint density at radius 1 is 1.33 bits per heavy atom. The largest absolute Gasteiger partial charge is 0.311 e. The maximum absolute atomic E-state index is 8.90. The SMILES string of the molecule is CCC(C#N)CNCc1cc(C(C)C)ccc1C. The quantitative estimate of drug-likeness (QED) is 0.827. The van der Waals surface area contributed by atoms with Crippen LogP contribution >= 0.6 is 0 Å². The monoisotopic (exact) mass is 244 g/mol. The molecule has 0 saturated heterocycles. The molecule has 1 atom stereocenters.